The van der Waals surface area contributed by atoms with Crippen molar-refractivity contribution in [2.24, 2.45) is 0 Å². The minimum absolute atomic E-state index is 0.0952. The molecule has 1 aromatic rings. The second-order valence-corrected chi connectivity index (χ2v) is 6.55. The van der Waals surface area contributed by atoms with Gasteiger partial charge in [-0.25, -0.2) is 17.8 Å². The highest BCUT2D eigenvalue weighted by molar-refractivity contribution is 8.14. The van der Waals surface area contributed by atoms with Gasteiger partial charge in [-0.05, 0) is 6.07 Å². The van der Waals surface area contributed by atoms with Crippen LogP contribution in [0.25, 0.3) is 0 Å². The molecule has 1 aliphatic heterocycles. The van der Waals surface area contributed by atoms with Gasteiger partial charge in [-0.2, -0.15) is 0 Å². The molecule has 0 radical (unpaired) electrons. The Morgan fingerprint density at radius 2 is 2.24 bits per heavy atom. The van der Waals surface area contributed by atoms with Crippen molar-refractivity contribution in [1.82, 2.24) is 4.98 Å². The number of nitrogens with zero attached hydrogens (tertiary/aromatic N) is 2. The molecule has 1 saturated heterocycles. The maximum atomic E-state index is 13.0. The Hall–Kier alpha value is -1.21. The van der Waals surface area contributed by atoms with E-state index in [0.717, 1.165) is 17.0 Å². The maximum absolute atomic E-state index is 13.0. The van der Waals surface area contributed by atoms with Gasteiger partial charge in [0.05, 0.1) is 0 Å². The molecule has 17 heavy (non-hydrogen) atoms. The van der Waals surface area contributed by atoms with Crippen LogP contribution < -0.4 is 4.90 Å². The Morgan fingerprint density at radius 3 is 2.76 bits per heavy atom. The van der Waals surface area contributed by atoms with E-state index in [1.165, 1.54) is 6.20 Å². The Kier molecular flexibility index (Phi) is 3.05. The van der Waals surface area contributed by atoms with Gasteiger partial charge in [0.1, 0.15) is 16.9 Å². The summed E-state index contributed by atoms with van der Waals surface area (Å²) < 4.78 is 35.2. The fraction of sp³-hybridized carbons (Fsp3) is 0.333. The molecule has 0 aromatic carbocycles. The lowest BCUT2D eigenvalue weighted by Crippen LogP contribution is -2.27. The molecule has 1 aliphatic rings. The molecule has 1 amide bonds. The smallest absolute Gasteiger partial charge is 0.237 e. The Morgan fingerprint density at radius 1 is 1.53 bits per heavy atom. The van der Waals surface area contributed by atoms with E-state index in [9.17, 15) is 17.6 Å². The largest absolute Gasteiger partial charge is 0.295 e. The average Bonchev–Trinajstić information content (AvgIpc) is 2.60. The van der Waals surface area contributed by atoms with Gasteiger partial charge in [0.25, 0.3) is 0 Å². The highest BCUT2D eigenvalue weighted by Gasteiger charge is 2.38. The minimum atomic E-state index is -3.80. The van der Waals surface area contributed by atoms with Crippen LogP contribution in [-0.2, 0) is 13.8 Å². The molecule has 0 spiro atoms. The predicted molar refractivity (Wildman–Crippen MR) is 59.7 cm³/mol. The van der Waals surface area contributed by atoms with Crippen molar-refractivity contribution in [3.8, 4) is 0 Å². The number of hydrogen-bond acceptors (Lipinski definition) is 4. The maximum Gasteiger partial charge on any atom is 0.237 e. The fourth-order valence-corrected chi connectivity index (χ4v) is 2.65. The summed E-state index contributed by atoms with van der Waals surface area (Å²) in [6.45, 7) is -0.0961. The molecule has 0 saturated carbocycles. The molecule has 92 valence electrons. The van der Waals surface area contributed by atoms with E-state index < -0.39 is 26.0 Å². The van der Waals surface area contributed by atoms with Gasteiger partial charge in [-0.15, -0.1) is 0 Å². The molecule has 1 fully saturated rings. The number of amides is 1. The average molecular weight is 279 g/mol. The minimum Gasteiger partial charge on any atom is -0.295 e. The number of pyridine rings is 1. The van der Waals surface area contributed by atoms with Crippen molar-refractivity contribution in [3.63, 3.8) is 0 Å². The van der Waals surface area contributed by atoms with E-state index in [4.69, 9.17) is 10.7 Å². The standard InChI is InChI=1S/C9H8ClFN2O3S/c10-17(15,16)7-4-9(14)13(5-7)8-3-6(11)1-2-12-8/h1-3,7H,4-5H2. The van der Waals surface area contributed by atoms with Crippen molar-refractivity contribution >= 4 is 31.5 Å². The van der Waals surface area contributed by atoms with Crippen LogP contribution in [0.5, 0.6) is 0 Å². The Bertz CT molecular complexity index is 563. The number of hydrogen-bond donors (Lipinski definition) is 0. The molecule has 2 heterocycles. The van der Waals surface area contributed by atoms with E-state index in [0.29, 0.717) is 0 Å². The predicted octanol–water partition coefficient (Wildman–Crippen LogP) is 0.895. The molecule has 2 rings (SSSR count). The summed E-state index contributed by atoms with van der Waals surface area (Å²) in [5, 5.41) is -0.971. The van der Waals surface area contributed by atoms with Crippen LogP contribution in [0.15, 0.2) is 18.3 Å². The number of rotatable bonds is 2. The zero-order valence-electron chi connectivity index (χ0n) is 8.51. The summed E-state index contributed by atoms with van der Waals surface area (Å²) in [7, 11) is 1.39. The highest BCUT2D eigenvalue weighted by Crippen LogP contribution is 2.25. The normalized spacial score (nSPS) is 20.9. The van der Waals surface area contributed by atoms with Crippen molar-refractivity contribution in [3.05, 3.63) is 24.1 Å². The molecule has 8 heteroatoms. The molecular formula is C9H8ClFN2O3S. The Labute approximate surface area is 102 Å². The third kappa shape index (κ3) is 2.55. The number of carbonyl (C=O) groups is 1. The summed E-state index contributed by atoms with van der Waals surface area (Å²) in [6, 6.07) is 2.21. The van der Waals surface area contributed by atoms with Crippen molar-refractivity contribution < 1.29 is 17.6 Å². The van der Waals surface area contributed by atoms with Crippen LogP contribution in [0, 0.1) is 5.82 Å². The first-order valence-electron chi connectivity index (χ1n) is 4.73. The summed E-state index contributed by atoms with van der Waals surface area (Å²) in [5.74, 6) is -0.880. The molecule has 1 atom stereocenters. The number of anilines is 1. The SMILES string of the molecule is O=C1CC(S(=O)(=O)Cl)CN1c1cc(F)ccn1. The second-order valence-electron chi connectivity index (χ2n) is 3.64. The van der Waals surface area contributed by atoms with E-state index in [1.807, 2.05) is 0 Å². The summed E-state index contributed by atoms with van der Waals surface area (Å²) in [6.07, 6.45) is 1.00. The van der Waals surface area contributed by atoms with Gasteiger partial charge in [0.15, 0.2) is 0 Å². The lowest BCUT2D eigenvalue weighted by Gasteiger charge is -2.14. The van der Waals surface area contributed by atoms with Crippen molar-refractivity contribution in [2.45, 2.75) is 11.7 Å². The number of halogens is 2. The molecule has 1 unspecified atom stereocenters. The first kappa shape index (κ1) is 12.3. The quantitative estimate of drug-likeness (QED) is 0.754. The second kappa shape index (κ2) is 4.23. The molecular weight excluding hydrogens is 271 g/mol. The molecule has 0 aliphatic carbocycles. The van der Waals surface area contributed by atoms with Gasteiger partial charge < -0.3 is 0 Å². The van der Waals surface area contributed by atoms with Crippen molar-refractivity contribution in [1.29, 1.82) is 0 Å². The zero-order chi connectivity index (χ0) is 12.6. The van der Waals surface area contributed by atoms with Gasteiger partial charge in [0, 0.05) is 35.9 Å². The zero-order valence-corrected chi connectivity index (χ0v) is 10.1. The lowest BCUT2D eigenvalue weighted by molar-refractivity contribution is -0.117. The van der Waals surface area contributed by atoms with Crippen LogP contribution in [0.1, 0.15) is 6.42 Å². The summed E-state index contributed by atoms with van der Waals surface area (Å²) >= 11 is 0. The molecule has 0 N–H and O–H groups in total. The van der Waals surface area contributed by atoms with E-state index in [-0.39, 0.29) is 18.8 Å². The third-order valence-corrected chi connectivity index (χ3v) is 4.34. The molecule has 1 aromatic heterocycles. The van der Waals surface area contributed by atoms with Crippen LogP contribution in [-0.4, -0.2) is 31.1 Å². The first-order valence-corrected chi connectivity index (χ1v) is 7.10. The summed E-state index contributed by atoms with van der Waals surface area (Å²) in [5.41, 5.74) is 0. The van der Waals surface area contributed by atoms with Crippen LogP contribution in [0.4, 0.5) is 10.2 Å². The van der Waals surface area contributed by atoms with Gasteiger partial charge in [-0.1, -0.05) is 0 Å². The number of carbonyl (C=O) groups excluding carboxylic acids is 1. The van der Waals surface area contributed by atoms with Gasteiger partial charge in [-0.3, -0.25) is 9.69 Å². The van der Waals surface area contributed by atoms with E-state index >= 15 is 0 Å². The van der Waals surface area contributed by atoms with Gasteiger partial charge >= 0.3 is 0 Å². The number of aromatic nitrogens is 1. The first-order chi connectivity index (χ1) is 7.88. The van der Waals surface area contributed by atoms with Crippen molar-refractivity contribution in [2.75, 3.05) is 11.4 Å². The third-order valence-electron chi connectivity index (χ3n) is 2.47. The Balaban J connectivity index is 2.28. The van der Waals surface area contributed by atoms with Crippen LogP contribution >= 0.6 is 10.7 Å². The molecule has 5 nitrogen and oxygen atoms in total. The summed E-state index contributed by atoms with van der Waals surface area (Å²) in [4.78, 5) is 16.5. The monoisotopic (exact) mass is 278 g/mol. The highest BCUT2D eigenvalue weighted by atomic mass is 35.7. The molecule has 0 bridgehead atoms. The van der Waals surface area contributed by atoms with Crippen LogP contribution in [0.2, 0.25) is 0 Å². The topological polar surface area (TPSA) is 67.3 Å². The van der Waals surface area contributed by atoms with E-state index in [2.05, 4.69) is 4.98 Å². The fourth-order valence-electron chi connectivity index (χ4n) is 1.63. The van der Waals surface area contributed by atoms with Gasteiger partial charge in [0.2, 0.25) is 15.0 Å². The van der Waals surface area contributed by atoms with E-state index in [1.54, 1.807) is 0 Å². The van der Waals surface area contributed by atoms with Crippen LogP contribution in [0.3, 0.4) is 0 Å². The lowest BCUT2D eigenvalue weighted by atomic mass is 10.4.